The van der Waals surface area contributed by atoms with Crippen LogP contribution in [0.4, 0.5) is 5.69 Å². The lowest BCUT2D eigenvalue weighted by atomic mass is 9.84. The maximum Gasteiger partial charge on any atom is 0.246 e. The van der Waals surface area contributed by atoms with E-state index in [2.05, 4.69) is 63.1 Å². The Morgan fingerprint density at radius 1 is 0.568 bits per heavy atom. The summed E-state index contributed by atoms with van der Waals surface area (Å²) in [5.41, 5.74) is 32.2. The van der Waals surface area contributed by atoms with Crippen LogP contribution in [0.1, 0.15) is 148 Å². The van der Waals surface area contributed by atoms with E-state index in [1.165, 1.54) is 33.0 Å². The molecule has 720 valence electrons. The molecule has 0 radical (unpaired) electrons. The van der Waals surface area contributed by atoms with E-state index in [1.807, 2.05) is 13.8 Å². The number of benzene rings is 3. The number of aromatic amines is 2. The minimum atomic E-state index is -1.87. The zero-order valence-corrected chi connectivity index (χ0v) is 76.8. The summed E-state index contributed by atoms with van der Waals surface area (Å²) in [6.07, 6.45) is 0.949. The first-order chi connectivity index (χ1) is 62.8. The van der Waals surface area contributed by atoms with Gasteiger partial charge in [-0.05, 0) is 112 Å². The number of Topliss-reactive ketones (excluding diaryl/α,β-unsaturated/α-hetero) is 2. The molecule has 8 rings (SSSR count). The van der Waals surface area contributed by atoms with Gasteiger partial charge in [0.25, 0.3) is 0 Å². The number of primary amides is 2. The fourth-order valence-electron chi connectivity index (χ4n) is 16.9. The van der Waals surface area contributed by atoms with Crippen LogP contribution in [-0.2, 0) is 101 Å². The highest BCUT2D eigenvalue weighted by atomic mass is 32.2. The van der Waals surface area contributed by atoms with E-state index in [0.29, 0.717) is 69.9 Å². The van der Waals surface area contributed by atoms with Crippen LogP contribution in [0.2, 0.25) is 0 Å². The molecule has 4 heterocycles. The van der Waals surface area contributed by atoms with Gasteiger partial charge in [0.15, 0.2) is 17.5 Å². The van der Waals surface area contributed by atoms with Crippen molar-refractivity contribution >= 4 is 145 Å². The molecule has 1 aliphatic carbocycles. The fraction of sp³-hybridized carbons (Fsp3) is 0.556. The van der Waals surface area contributed by atoms with Crippen LogP contribution in [0.5, 0.6) is 0 Å². The molecule has 0 spiro atoms. The number of nitrogens with zero attached hydrogens (tertiary/aromatic N) is 4. The number of aromatic nitrogens is 2. The van der Waals surface area contributed by atoms with Gasteiger partial charge in [-0.1, -0.05) is 102 Å². The summed E-state index contributed by atoms with van der Waals surface area (Å²) < 4.78 is 0. The molecular formula is C90H130N22O19S. The molecule has 3 aromatic carbocycles. The number of guanidine groups is 1. The first kappa shape index (κ1) is 105. The topological polar surface area (TPSA) is 649 Å². The summed E-state index contributed by atoms with van der Waals surface area (Å²) in [6, 6.07) is 2.16. The highest BCUT2D eigenvalue weighted by Gasteiger charge is 2.48. The molecule has 42 heteroatoms. The minimum Gasteiger partial charge on any atom is -0.399 e. The van der Waals surface area contributed by atoms with E-state index in [9.17, 15) is 53.4 Å². The van der Waals surface area contributed by atoms with Gasteiger partial charge in [0.2, 0.25) is 88.6 Å². The first-order valence-electron chi connectivity index (χ1n) is 44.8. The quantitative estimate of drug-likeness (QED) is 0.0130. The van der Waals surface area contributed by atoms with Crippen molar-refractivity contribution in [3.8, 4) is 0 Å². The maximum absolute atomic E-state index is 15.7. The number of amides is 15. The van der Waals surface area contributed by atoms with Crippen LogP contribution in [0.25, 0.3) is 21.8 Å². The number of hydrogen-bond acceptors (Lipinski definition) is 23. The van der Waals surface area contributed by atoms with Crippen molar-refractivity contribution in [2.45, 2.75) is 229 Å². The molecule has 3 fully saturated rings. The Labute approximate surface area is 770 Å². The molecule has 1 saturated carbocycles. The first-order valence-corrected chi connectivity index (χ1v) is 46.0. The van der Waals surface area contributed by atoms with Crippen molar-refractivity contribution in [2.75, 3.05) is 71.2 Å². The zero-order chi connectivity index (χ0) is 96.9. The smallest absolute Gasteiger partial charge is 0.246 e. The summed E-state index contributed by atoms with van der Waals surface area (Å²) >= 11 is 0.839. The van der Waals surface area contributed by atoms with Crippen LogP contribution in [0.15, 0.2) is 85.2 Å². The van der Waals surface area contributed by atoms with Gasteiger partial charge in [-0.25, -0.2) is 0 Å². The van der Waals surface area contributed by atoms with E-state index in [-0.39, 0.29) is 102 Å². The Morgan fingerprint density at radius 3 is 1.70 bits per heavy atom. The molecule has 41 nitrogen and oxygen atoms in total. The number of carbonyl (C=O) groups is 17. The van der Waals surface area contributed by atoms with Crippen LogP contribution in [0.3, 0.4) is 0 Å². The van der Waals surface area contributed by atoms with Crippen molar-refractivity contribution in [3.63, 3.8) is 0 Å². The van der Waals surface area contributed by atoms with Crippen molar-refractivity contribution in [3.05, 3.63) is 102 Å². The number of nitrogens with one attached hydrogen (secondary N) is 13. The van der Waals surface area contributed by atoms with Gasteiger partial charge in [-0.15, -0.1) is 0 Å². The number of aliphatic hydroxyl groups is 2. The number of fused-ring (bicyclic) bond motifs is 4. The number of para-hydroxylation sites is 2. The Balaban J connectivity index is 1.19. The number of unbranched alkanes of at least 4 members (excludes halogenated alkanes) is 2. The predicted octanol–water partition coefficient (Wildman–Crippen LogP) is -1.97. The van der Waals surface area contributed by atoms with Gasteiger partial charge in [0.1, 0.15) is 60.4 Å². The maximum atomic E-state index is 15.7. The third-order valence-electron chi connectivity index (χ3n) is 24.3. The molecule has 2 aromatic heterocycles. The summed E-state index contributed by atoms with van der Waals surface area (Å²) in [6.45, 7) is 6.07. The van der Waals surface area contributed by atoms with Crippen LogP contribution in [-0.4, -0.2) is 290 Å². The van der Waals surface area contributed by atoms with Gasteiger partial charge in [-0.2, -0.15) is 11.8 Å². The fourth-order valence-corrected chi connectivity index (χ4v) is 17.8. The molecule has 5 aromatic rings. The SMILES string of the molecule is CCCC[C@H]1C(=O)N(C)[C@@H](CCCC)C(=O)N[C@@H](CCCNC(=N)N)C(=O)C[C@H](C(=O)NCC(N)=O)CSCC(=O)N[C@@H](Cc2ccc(N)cc2)C(=O)N(C)[C@@H](C)C(=O)N[C@@H](CC(N)=O)C(=O)N2CCC[C@H]2C(=O)N[C@@H](CN)C(=O)N[C@@H](CC(C)C)C(=O)C2C[C@H](O)C[C@H]2C(=O)N[C@@H](Cc2c[nH]c3ccccc23)C(=O)N[C@@H](CO)C(=O)N[C@@H](Cc2c[nH]c3ccccc23)C(=O)N1C. The van der Waals surface area contributed by atoms with Gasteiger partial charge >= 0.3 is 0 Å². The third-order valence-corrected chi connectivity index (χ3v) is 25.4. The summed E-state index contributed by atoms with van der Waals surface area (Å²) in [7, 11) is 3.96. The number of thioether (sulfide) groups is 1. The summed E-state index contributed by atoms with van der Waals surface area (Å²) in [5.74, 6) is -20.8. The number of hydrogen-bond donors (Lipinski definition) is 20. The number of nitrogen functional groups attached to an aromatic ring is 1. The van der Waals surface area contributed by atoms with E-state index >= 15 is 38.4 Å². The van der Waals surface area contributed by atoms with Gasteiger partial charge < -0.3 is 122 Å². The normalized spacial score (nSPS) is 25.7. The molecule has 16 atom stereocenters. The second kappa shape index (κ2) is 50.2. The van der Waals surface area contributed by atoms with Crippen molar-refractivity contribution in [1.82, 2.24) is 82.7 Å². The van der Waals surface area contributed by atoms with E-state index in [4.69, 9.17) is 34.1 Å². The van der Waals surface area contributed by atoms with Crippen molar-refractivity contribution < 1.29 is 91.7 Å². The van der Waals surface area contributed by atoms with Crippen LogP contribution in [0, 0.1) is 29.1 Å². The highest BCUT2D eigenvalue weighted by molar-refractivity contribution is 7.99. The second-order valence-electron chi connectivity index (χ2n) is 34.7. The Hall–Kier alpha value is -12.6. The molecular weight excluding hydrogens is 1730 g/mol. The summed E-state index contributed by atoms with van der Waals surface area (Å²) in [5, 5.41) is 58.2. The lowest BCUT2D eigenvalue weighted by Crippen LogP contribution is -2.61. The highest BCUT2D eigenvalue weighted by Crippen LogP contribution is 2.36. The number of aliphatic hydroxyl groups excluding tert-OH is 2. The lowest BCUT2D eigenvalue weighted by Gasteiger charge is -2.36. The molecule has 2 saturated heterocycles. The largest absolute Gasteiger partial charge is 0.399 e. The molecule has 2 aliphatic heterocycles. The zero-order valence-electron chi connectivity index (χ0n) is 76.0. The van der Waals surface area contributed by atoms with E-state index < -0.39 is 241 Å². The minimum absolute atomic E-state index is 0.00243. The Morgan fingerprint density at radius 2 is 1.11 bits per heavy atom. The Bertz CT molecular complexity index is 4950. The average molecular weight is 1860 g/mol. The average Bonchev–Trinajstić information content (AvgIpc) is 1.60. The number of likely N-dealkylation sites (N-methyl/N-ethyl adjacent to an activating group) is 3. The number of ketones is 2. The molecule has 0 bridgehead atoms. The number of rotatable bonds is 25. The molecule has 15 amide bonds. The van der Waals surface area contributed by atoms with Crippen molar-refractivity contribution in [2.24, 2.45) is 46.6 Å². The van der Waals surface area contributed by atoms with Gasteiger partial charge in [0, 0.05) is 118 Å². The van der Waals surface area contributed by atoms with Crippen molar-refractivity contribution in [1.29, 1.82) is 5.41 Å². The molecule has 3 aliphatic rings. The molecule has 1 unspecified atom stereocenters. The number of H-pyrrole nitrogens is 2. The number of anilines is 1. The van der Waals surface area contributed by atoms with Crippen LogP contribution < -0.4 is 81.8 Å². The van der Waals surface area contributed by atoms with Crippen LogP contribution >= 0.6 is 11.8 Å². The molecule has 25 N–H and O–H groups in total. The standard InChI is InChI=1S/C90H130N22O19S/c1-9-11-24-70-84(126)102-62(23-17-31-97-90(95)96)73(115)37-53(79(121)100-44-75(94)117)46-132-47-76(118)101-65(34-50-27-29-54(92)30-28-50)86(128)109(6)49(5)78(120)105-67(40-74(93)116)88(130)112-32-18-26-71(112)85(127)107-68(41-91)82(124)103-63(33-48(3)4)77(119)58-38-55(114)39-59(58)80(122)104-64(35-51-42-98-60-21-15-13-19-56(51)60)81(123)108-69(45-113)83(125)106-66(36-52-43-99-61-22-16-14-20-57(52)61)87(129)111(8)72(25-12-10-2)89(131)110(70)7/h13-16,19-22,27-30,42-43,48-49,53,55,58-59,62-72,98-99,113-114H,9-12,17-18,23-26,31-41,44-47,91-92H2,1-8H3,(H2,93,116)(H2,94,117)(H,100,121)(H,101,118)(H,102,126)(H,103,124)(H,104,122)(H,105,120)(H,106,125)(H,107,127)(H,108,123)(H4,95,96,97)/t49-,53-,55-,58?,59+,62-,63-,64-,65-,66-,67-,68-,69-,70-,71-,72-/m0/s1. The Kier molecular flexibility index (Phi) is 39.8. The number of nitrogens with two attached hydrogens (primary N) is 5. The monoisotopic (exact) mass is 1850 g/mol. The second-order valence-corrected chi connectivity index (χ2v) is 35.7. The predicted molar refractivity (Wildman–Crippen MR) is 492 cm³/mol. The lowest BCUT2D eigenvalue weighted by molar-refractivity contribution is -0.149. The van der Waals surface area contributed by atoms with Gasteiger partial charge in [0.05, 0.1) is 55.3 Å². The third kappa shape index (κ3) is 29.2. The summed E-state index contributed by atoms with van der Waals surface area (Å²) in [4.78, 5) is 260. The van der Waals surface area contributed by atoms with E-state index in [1.54, 1.807) is 99.0 Å². The van der Waals surface area contributed by atoms with Gasteiger partial charge in [-0.3, -0.25) is 86.9 Å². The number of carbonyl (C=O) groups excluding carboxylic acids is 17. The van der Waals surface area contributed by atoms with E-state index in [0.717, 1.165) is 26.5 Å². The molecule has 132 heavy (non-hydrogen) atoms.